The predicted molar refractivity (Wildman–Crippen MR) is 82.2 cm³/mol. The lowest BCUT2D eigenvalue weighted by Crippen LogP contribution is -2.43. The number of rotatable bonds is 5. The number of carbonyl (C=O) groups excluding carboxylic acids is 1. The molecule has 0 spiro atoms. The van der Waals surface area contributed by atoms with E-state index in [0.29, 0.717) is 6.42 Å². The zero-order chi connectivity index (χ0) is 15.0. The molecular formula is C17H26N2O. The summed E-state index contributed by atoms with van der Waals surface area (Å²) >= 11 is 0. The Labute approximate surface area is 121 Å². The van der Waals surface area contributed by atoms with Crippen LogP contribution in [0.5, 0.6) is 0 Å². The van der Waals surface area contributed by atoms with E-state index in [0.717, 1.165) is 6.42 Å². The highest BCUT2D eigenvalue weighted by molar-refractivity contribution is 5.82. The molecule has 2 rings (SSSR count). The molecule has 0 saturated heterocycles. The second-order valence-electron chi connectivity index (χ2n) is 7.02. The molecule has 1 atom stereocenters. The summed E-state index contributed by atoms with van der Waals surface area (Å²) in [5.74, 6) is -0.0235. The van der Waals surface area contributed by atoms with Crippen molar-refractivity contribution in [2.45, 2.75) is 52.6 Å². The van der Waals surface area contributed by atoms with Gasteiger partial charge in [0.15, 0.2) is 0 Å². The second-order valence-corrected chi connectivity index (χ2v) is 7.02. The van der Waals surface area contributed by atoms with E-state index in [1.807, 2.05) is 18.2 Å². The lowest BCUT2D eigenvalue weighted by Gasteiger charge is -2.13. The maximum atomic E-state index is 12.2. The average molecular weight is 274 g/mol. The first-order valence-electron chi connectivity index (χ1n) is 7.36. The number of hydrogen-bond acceptors (Lipinski definition) is 2. The Morgan fingerprint density at radius 3 is 2.25 bits per heavy atom. The Hall–Kier alpha value is -1.35. The molecule has 1 aliphatic carbocycles. The van der Waals surface area contributed by atoms with Gasteiger partial charge in [0, 0.05) is 6.04 Å². The lowest BCUT2D eigenvalue weighted by molar-refractivity contribution is -0.122. The van der Waals surface area contributed by atoms with Crippen LogP contribution >= 0.6 is 0 Å². The number of hydrogen-bond donors (Lipinski definition) is 2. The van der Waals surface area contributed by atoms with Gasteiger partial charge in [-0.15, -0.1) is 0 Å². The Balaban J connectivity index is 1.82. The SMILES string of the molecule is CC1(C)C(NC(=O)C(N)CCc2ccccc2)C1(C)C. The fraction of sp³-hybridized carbons (Fsp3) is 0.588. The second kappa shape index (κ2) is 5.21. The summed E-state index contributed by atoms with van der Waals surface area (Å²) < 4.78 is 0. The number of benzene rings is 1. The van der Waals surface area contributed by atoms with Gasteiger partial charge in [-0.2, -0.15) is 0 Å². The maximum Gasteiger partial charge on any atom is 0.237 e. The van der Waals surface area contributed by atoms with Gasteiger partial charge in [0.1, 0.15) is 0 Å². The first-order valence-corrected chi connectivity index (χ1v) is 7.36. The molecule has 1 fully saturated rings. The number of amides is 1. The first-order chi connectivity index (χ1) is 9.26. The quantitative estimate of drug-likeness (QED) is 0.866. The van der Waals surface area contributed by atoms with Gasteiger partial charge in [-0.25, -0.2) is 0 Å². The maximum absolute atomic E-state index is 12.2. The van der Waals surface area contributed by atoms with E-state index < -0.39 is 6.04 Å². The predicted octanol–water partition coefficient (Wildman–Crippen LogP) is 2.50. The summed E-state index contributed by atoms with van der Waals surface area (Å²) in [5, 5.41) is 3.11. The minimum absolute atomic E-state index is 0.0235. The molecule has 0 bridgehead atoms. The van der Waals surface area contributed by atoms with Crippen LogP contribution in [0, 0.1) is 10.8 Å². The molecule has 3 nitrogen and oxygen atoms in total. The standard InChI is InChI=1S/C17H26N2O/c1-16(2)15(17(16,3)4)19-14(20)13(18)11-10-12-8-6-5-7-9-12/h5-9,13,15H,10-11,18H2,1-4H3,(H,19,20). The van der Waals surface area contributed by atoms with Crippen molar-refractivity contribution < 1.29 is 4.79 Å². The van der Waals surface area contributed by atoms with E-state index in [2.05, 4.69) is 45.1 Å². The summed E-state index contributed by atoms with van der Waals surface area (Å²) in [4.78, 5) is 12.2. The van der Waals surface area contributed by atoms with Crippen LogP contribution in [0.4, 0.5) is 0 Å². The molecule has 0 radical (unpaired) electrons. The van der Waals surface area contributed by atoms with Gasteiger partial charge in [-0.3, -0.25) is 4.79 Å². The molecule has 1 aromatic rings. The summed E-state index contributed by atoms with van der Waals surface area (Å²) in [6.07, 6.45) is 1.52. The number of aryl methyl sites for hydroxylation is 1. The Morgan fingerprint density at radius 2 is 1.75 bits per heavy atom. The van der Waals surface area contributed by atoms with Crippen LogP contribution in [0.15, 0.2) is 30.3 Å². The van der Waals surface area contributed by atoms with Crippen molar-refractivity contribution in [1.29, 1.82) is 0 Å². The molecule has 20 heavy (non-hydrogen) atoms. The highest BCUT2D eigenvalue weighted by Crippen LogP contribution is 2.62. The normalized spacial score (nSPS) is 21.2. The van der Waals surface area contributed by atoms with Gasteiger partial charge in [-0.1, -0.05) is 58.0 Å². The Bertz CT molecular complexity index is 465. The molecule has 3 heteroatoms. The van der Waals surface area contributed by atoms with Crippen LogP contribution in [0.1, 0.15) is 39.7 Å². The average Bonchev–Trinajstić information content (AvgIpc) is 2.79. The molecule has 1 unspecified atom stereocenters. The van der Waals surface area contributed by atoms with E-state index in [4.69, 9.17) is 5.73 Å². The fourth-order valence-corrected chi connectivity index (χ4v) is 2.90. The molecule has 0 heterocycles. The zero-order valence-corrected chi connectivity index (χ0v) is 12.9. The summed E-state index contributed by atoms with van der Waals surface area (Å²) in [7, 11) is 0. The van der Waals surface area contributed by atoms with Crippen LogP contribution in [-0.4, -0.2) is 18.0 Å². The fourth-order valence-electron chi connectivity index (χ4n) is 2.90. The smallest absolute Gasteiger partial charge is 0.237 e. The molecule has 1 aliphatic rings. The van der Waals surface area contributed by atoms with E-state index in [9.17, 15) is 4.79 Å². The summed E-state index contributed by atoms with van der Waals surface area (Å²) in [5.41, 5.74) is 7.54. The van der Waals surface area contributed by atoms with Crippen molar-refractivity contribution in [2.75, 3.05) is 0 Å². The highest BCUT2D eigenvalue weighted by atomic mass is 16.2. The van der Waals surface area contributed by atoms with Crippen molar-refractivity contribution in [3.05, 3.63) is 35.9 Å². The van der Waals surface area contributed by atoms with Crippen LogP contribution in [0.2, 0.25) is 0 Å². The zero-order valence-electron chi connectivity index (χ0n) is 12.9. The third-order valence-electron chi connectivity index (χ3n) is 5.23. The summed E-state index contributed by atoms with van der Waals surface area (Å²) in [6, 6.07) is 9.95. The van der Waals surface area contributed by atoms with E-state index in [-0.39, 0.29) is 22.8 Å². The largest absolute Gasteiger partial charge is 0.351 e. The van der Waals surface area contributed by atoms with Gasteiger partial charge in [0.2, 0.25) is 5.91 Å². The molecular weight excluding hydrogens is 248 g/mol. The van der Waals surface area contributed by atoms with Crippen LogP contribution in [0.25, 0.3) is 0 Å². The number of carbonyl (C=O) groups is 1. The molecule has 0 aromatic heterocycles. The monoisotopic (exact) mass is 274 g/mol. The van der Waals surface area contributed by atoms with Crippen molar-refractivity contribution in [2.24, 2.45) is 16.6 Å². The Morgan fingerprint density at radius 1 is 1.20 bits per heavy atom. The molecule has 1 amide bonds. The third-order valence-corrected chi connectivity index (χ3v) is 5.23. The molecule has 1 saturated carbocycles. The van der Waals surface area contributed by atoms with Gasteiger partial charge < -0.3 is 11.1 Å². The molecule has 0 aliphatic heterocycles. The lowest BCUT2D eigenvalue weighted by atomic mass is 10.0. The van der Waals surface area contributed by atoms with Crippen molar-refractivity contribution in [3.8, 4) is 0 Å². The summed E-state index contributed by atoms with van der Waals surface area (Å²) in [6.45, 7) is 8.75. The van der Waals surface area contributed by atoms with Gasteiger partial charge >= 0.3 is 0 Å². The van der Waals surface area contributed by atoms with Crippen LogP contribution < -0.4 is 11.1 Å². The van der Waals surface area contributed by atoms with Gasteiger partial charge in [0.05, 0.1) is 6.04 Å². The van der Waals surface area contributed by atoms with Crippen molar-refractivity contribution in [1.82, 2.24) is 5.32 Å². The van der Waals surface area contributed by atoms with Crippen molar-refractivity contribution >= 4 is 5.91 Å². The topological polar surface area (TPSA) is 55.1 Å². The molecule has 1 aromatic carbocycles. The minimum atomic E-state index is -0.428. The van der Waals surface area contributed by atoms with E-state index in [1.54, 1.807) is 0 Å². The third kappa shape index (κ3) is 2.73. The van der Waals surface area contributed by atoms with Crippen LogP contribution in [0.3, 0.4) is 0 Å². The highest BCUT2D eigenvalue weighted by Gasteiger charge is 2.65. The van der Waals surface area contributed by atoms with Crippen LogP contribution in [-0.2, 0) is 11.2 Å². The van der Waals surface area contributed by atoms with Crippen molar-refractivity contribution in [3.63, 3.8) is 0 Å². The Kier molecular flexibility index (Phi) is 3.92. The first kappa shape index (κ1) is 15.0. The van der Waals surface area contributed by atoms with Gasteiger partial charge in [-0.05, 0) is 29.2 Å². The van der Waals surface area contributed by atoms with E-state index >= 15 is 0 Å². The van der Waals surface area contributed by atoms with E-state index in [1.165, 1.54) is 5.56 Å². The minimum Gasteiger partial charge on any atom is -0.351 e. The number of nitrogens with one attached hydrogen (secondary N) is 1. The van der Waals surface area contributed by atoms with Gasteiger partial charge in [0.25, 0.3) is 0 Å². The molecule has 110 valence electrons. The molecule has 3 N–H and O–H groups in total. The number of nitrogens with two attached hydrogens (primary N) is 1.